The number of thiazole rings is 1. The van der Waals surface area contributed by atoms with E-state index in [1.54, 1.807) is 17.8 Å². The van der Waals surface area contributed by atoms with Gasteiger partial charge in [0.2, 0.25) is 0 Å². The average Bonchev–Trinajstić information content (AvgIpc) is 2.97. The second-order valence-corrected chi connectivity index (χ2v) is 5.13. The maximum Gasteiger partial charge on any atom is 0.275 e. The minimum absolute atomic E-state index is 0.239. The van der Waals surface area contributed by atoms with Crippen LogP contribution in [0.15, 0.2) is 42.0 Å². The Bertz CT molecular complexity index is 763. The quantitative estimate of drug-likeness (QED) is 0.774. The van der Waals surface area contributed by atoms with Gasteiger partial charge in [0.1, 0.15) is 10.7 Å². The van der Waals surface area contributed by atoms with Crippen molar-refractivity contribution in [2.24, 2.45) is 5.73 Å². The number of aromatic nitrogens is 2. The van der Waals surface area contributed by atoms with Crippen molar-refractivity contribution in [3.05, 3.63) is 52.7 Å². The van der Waals surface area contributed by atoms with Gasteiger partial charge in [-0.3, -0.25) is 9.78 Å². The molecule has 0 radical (unpaired) electrons. The Hall–Kier alpha value is -2.31. The molecule has 0 fully saturated rings. The van der Waals surface area contributed by atoms with Crippen molar-refractivity contribution in [1.82, 2.24) is 9.97 Å². The third kappa shape index (κ3) is 2.38. The molecule has 0 aliphatic carbocycles. The largest absolute Gasteiger partial charge is 0.325 e. The van der Waals surface area contributed by atoms with Gasteiger partial charge < -0.3 is 11.1 Å². The van der Waals surface area contributed by atoms with Gasteiger partial charge in [-0.05, 0) is 17.5 Å². The molecule has 1 amide bonds. The molecule has 0 aliphatic rings. The fraction of sp³-hybridized carbons (Fsp3) is 0.0714. The number of carbonyl (C=O) groups excluding carboxylic acids is 1. The van der Waals surface area contributed by atoms with Crippen LogP contribution in [0.1, 0.15) is 15.5 Å². The summed E-state index contributed by atoms with van der Waals surface area (Å²) >= 11 is 1.38. The molecule has 2 aromatic heterocycles. The highest BCUT2D eigenvalue weighted by atomic mass is 32.1. The molecule has 3 N–H and O–H groups in total. The number of nitrogens with zero attached hydrogens (tertiary/aromatic N) is 2. The smallest absolute Gasteiger partial charge is 0.275 e. The molecule has 0 saturated heterocycles. The molecule has 0 bridgehead atoms. The molecule has 3 rings (SSSR count). The van der Waals surface area contributed by atoms with E-state index >= 15 is 0 Å². The van der Waals surface area contributed by atoms with Crippen LogP contribution in [0.3, 0.4) is 0 Å². The van der Waals surface area contributed by atoms with E-state index in [1.165, 1.54) is 11.3 Å². The van der Waals surface area contributed by atoms with Crippen LogP contribution in [0.5, 0.6) is 0 Å². The molecule has 0 unspecified atom stereocenters. The fourth-order valence-electron chi connectivity index (χ4n) is 1.92. The Kier molecular flexibility index (Phi) is 3.41. The number of anilines is 1. The Morgan fingerprint density at radius 2 is 2.25 bits per heavy atom. The van der Waals surface area contributed by atoms with Crippen LogP contribution in [0.25, 0.3) is 10.8 Å². The van der Waals surface area contributed by atoms with Crippen molar-refractivity contribution in [1.29, 1.82) is 0 Å². The molecule has 1 aromatic carbocycles. The highest BCUT2D eigenvalue weighted by Gasteiger charge is 2.11. The summed E-state index contributed by atoms with van der Waals surface area (Å²) < 4.78 is 0. The maximum absolute atomic E-state index is 12.2. The summed E-state index contributed by atoms with van der Waals surface area (Å²) in [5, 5.41) is 7.24. The molecule has 6 heteroatoms. The number of hydrogen-bond donors (Lipinski definition) is 2. The van der Waals surface area contributed by atoms with Crippen molar-refractivity contribution < 1.29 is 4.79 Å². The summed E-state index contributed by atoms with van der Waals surface area (Å²) in [7, 11) is 0. The first-order chi connectivity index (χ1) is 9.78. The van der Waals surface area contributed by atoms with Crippen LogP contribution in [-0.4, -0.2) is 15.9 Å². The lowest BCUT2D eigenvalue weighted by Crippen LogP contribution is -2.13. The zero-order valence-corrected chi connectivity index (χ0v) is 11.4. The predicted octanol–water partition coefficient (Wildman–Crippen LogP) is 2.40. The number of nitrogens with two attached hydrogens (primary N) is 1. The number of hydrogen-bond acceptors (Lipinski definition) is 5. The van der Waals surface area contributed by atoms with Crippen LogP contribution in [0.4, 0.5) is 5.69 Å². The molecule has 100 valence electrons. The lowest BCUT2D eigenvalue weighted by molar-refractivity contribution is 0.102. The van der Waals surface area contributed by atoms with E-state index in [1.807, 2.05) is 24.3 Å². The normalized spacial score (nSPS) is 10.7. The standard InChI is InChI=1S/C14H12N4OS/c15-6-13-17-12(8-20-13)14(19)18-11-3-1-2-9-4-5-16-7-10(9)11/h1-5,7-8H,6,15H2,(H,18,19). The SMILES string of the molecule is NCc1nc(C(=O)Nc2cccc3ccncc23)cs1. The highest BCUT2D eigenvalue weighted by molar-refractivity contribution is 7.09. The Morgan fingerprint density at radius 1 is 1.35 bits per heavy atom. The zero-order valence-electron chi connectivity index (χ0n) is 10.5. The Balaban J connectivity index is 1.91. The van der Waals surface area contributed by atoms with Gasteiger partial charge in [-0.1, -0.05) is 12.1 Å². The molecule has 0 saturated carbocycles. The van der Waals surface area contributed by atoms with Gasteiger partial charge in [-0.15, -0.1) is 11.3 Å². The van der Waals surface area contributed by atoms with E-state index in [0.717, 1.165) is 21.5 Å². The topological polar surface area (TPSA) is 80.9 Å². The summed E-state index contributed by atoms with van der Waals surface area (Å²) in [4.78, 5) is 20.4. The molecular formula is C14H12N4OS. The van der Waals surface area contributed by atoms with Gasteiger partial charge in [0.05, 0.1) is 5.69 Å². The molecule has 20 heavy (non-hydrogen) atoms. The van der Waals surface area contributed by atoms with Crippen LogP contribution < -0.4 is 11.1 Å². The third-order valence-corrected chi connectivity index (χ3v) is 3.76. The second kappa shape index (κ2) is 5.36. The van der Waals surface area contributed by atoms with Crippen molar-refractivity contribution in [3.63, 3.8) is 0 Å². The molecule has 3 aromatic rings. The van der Waals surface area contributed by atoms with Crippen LogP contribution in [-0.2, 0) is 6.54 Å². The monoisotopic (exact) mass is 284 g/mol. The summed E-state index contributed by atoms with van der Waals surface area (Å²) in [6, 6.07) is 7.62. The van der Waals surface area contributed by atoms with E-state index < -0.39 is 0 Å². The number of amides is 1. The fourth-order valence-corrected chi connectivity index (χ4v) is 2.57. The molecular weight excluding hydrogens is 272 g/mol. The van der Waals surface area contributed by atoms with E-state index in [0.29, 0.717) is 12.2 Å². The first-order valence-corrected chi connectivity index (χ1v) is 6.94. The minimum Gasteiger partial charge on any atom is -0.325 e. The van der Waals surface area contributed by atoms with Gasteiger partial charge in [0.15, 0.2) is 0 Å². The summed E-state index contributed by atoms with van der Waals surface area (Å²) in [6.07, 6.45) is 3.46. The van der Waals surface area contributed by atoms with Gasteiger partial charge in [-0.25, -0.2) is 4.98 Å². The van der Waals surface area contributed by atoms with Gasteiger partial charge in [0.25, 0.3) is 5.91 Å². The summed E-state index contributed by atoms with van der Waals surface area (Å²) in [6.45, 7) is 0.343. The third-order valence-electron chi connectivity index (χ3n) is 2.89. The van der Waals surface area contributed by atoms with Crippen molar-refractivity contribution >= 4 is 33.7 Å². The number of rotatable bonds is 3. The van der Waals surface area contributed by atoms with Crippen LogP contribution >= 0.6 is 11.3 Å². The number of fused-ring (bicyclic) bond motifs is 1. The van der Waals surface area contributed by atoms with E-state index in [-0.39, 0.29) is 5.91 Å². The van der Waals surface area contributed by atoms with Gasteiger partial charge in [-0.2, -0.15) is 0 Å². The predicted molar refractivity (Wildman–Crippen MR) is 79.7 cm³/mol. The lowest BCUT2D eigenvalue weighted by atomic mass is 10.1. The van der Waals surface area contributed by atoms with Crippen LogP contribution in [0, 0.1) is 0 Å². The van der Waals surface area contributed by atoms with Gasteiger partial charge in [0, 0.05) is 29.7 Å². The first kappa shape index (κ1) is 12.7. The van der Waals surface area contributed by atoms with Crippen molar-refractivity contribution in [2.45, 2.75) is 6.54 Å². The molecule has 0 spiro atoms. The number of pyridine rings is 1. The summed E-state index contributed by atoms with van der Waals surface area (Å²) in [5.74, 6) is -0.239. The van der Waals surface area contributed by atoms with E-state index in [2.05, 4.69) is 15.3 Å². The van der Waals surface area contributed by atoms with E-state index in [4.69, 9.17) is 5.73 Å². The van der Waals surface area contributed by atoms with Crippen LogP contribution in [0.2, 0.25) is 0 Å². The second-order valence-electron chi connectivity index (χ2n) is 4.19. The van der Waals surface area contributed by atoms with Gasteiger partial charge >= 0.3 is 0 Å². The minimum atomic E-state index is -0.239. The molecule has 2 heterocycles. The number of carbonyl (C=O) groups is 1. The van der Waals surface area contributed by atoms with E-state index in [9.17, 15) is 4.79 Å². The average molecular weight is 284 g/mol. The molecule has 0 aliphatic heterocycles. The number of benzene rings is 1. The molecule has 0 atom stereocenters. The Morgan fingerprint density at radius 3 is 3.05 bits per heavy atom. The highest BCUT2D eigenvalue weighted by Crippen LogP contribution is 2.22. The first-order valence-electron chi connectivity index (χ1n) is 6.06. The zero-order chi connectivity index (χ0) is 13.9. The molecule has 5 nitrogen and oxygen atoms in total. The maximum atomic E-state index is 12.2. The summed E-state index contributed by atoms with van der Waals surface area (Å²) in [5.41, 5.74) is 6.61. The number of nitrogens with one attached hydrogen (secondary N) is 1. The van der Waals surface area contributed by atoms with Crippen molar-refractivity contribution in [2.75, 3.05) is 5.32 Å². The Labute approximate surface area is 119 Å². The van der Waals surface area contributed by atoms with Crippen molar-refractivity contribution in [3.8, 4) is 0 Å². The lowest BCUT2D eigenvalue weighted by Gasteiger charge is -2.06.